The molecule has 0 aliphatic carbocycles. The van der Waals surface area contributed by atoms with Gasteiger partial charge in [-0.3, -0.25) is 4.79 Å². The molecule has 0 unspecified atom stereocenters. The van der Waals surface area contributed by atoms with Crippen LogP contribution >= 0.6 is 0 Å². The fourth-order valence-corrected chi connectivity index (χ4v) is 2.32. The number of amides is 1. The summed E-state index contributed by atoms with van der Waals surface area (Å²) >= 11 is 0. The third-order valence-electron chi connectivity index (χ3n) is 3.56. The minimum Gasteiger partial charge on any atom is -0.493 e. The van der Waals surface area contributed by atoms with Gasteiger partial charge in [-0.2, -0.15) is 0 Å². The maximum absolute atomic E-state index is 12.2. The lowest BCUT2D eigenvalue weighted by Gasteiger charge is -2.10. The van der Waals surface area contributed by atoms with Crippen LogP contribution in [0.5, 0.6) is 11.5 Å². The number of carbonyl (C=O) groups excluding carboxylic acids is 1. The van der Waals surface area contributed by atoms with Gasteiger partial charge in [0, 0.05) is 17.9 Å². The molecule has 0 saturated heterocycles. The highest BCUT2D eigenvalue weighted by atomic mass is 16.5. The second kappa shape index (κ2) is 8.82. The lowest BCUT2D eigenvalue weighted by Crippen LogP contribution is -2.14. The van der Waals surface area contributed by atoms with Gasteiger partial charge in [0.1, 0.15) is 0 Å². The predicted molar refractivity (Wildman–Crippen MR) is 97.1 cm³/mol. The standard InChI is InChI=1S/C19H24N2O3/c1-4-11-20-15-6-8-16(9-7-15)21-19(22)13-14-5-10-17(23-2)18(12-14)24-3/h5-10,12,20H,4,11,13H2,1-3H3,(H,21,22). The Bertz CT molecular complexity index is 669. The van der Waals surface area contributed by atoms with E-state index in [9.17, 15) is 4.79 Å². The lowest BCUT2D eigenvalue weighted by atomic mass is 10.1. The van der Waals surface area contributed by atoms with Gasteiger partial charge in [0.15, 0.2) is 11.5 Å². The maximum atomic E-state index is 12.2. The quantitative estimate of drug-likeness (QED) is 0.775. The first-order chi connectivity index (χ1) is 11.7. The Kier molecular flexibility index (Phi) is 6.49. The van der Waals surface area contributed by atoms with E-state index in [0.29, 0.717) is 11.5 Å². The summed E-state index contributed by atoms with van der Waals surface area (Å²) in [6.07, 6.45) is 1.35. The summed E-state index contributed by atoms with van der Waals surface area (Å²) in [6, 6.07) is 13.2. The molecule has 2 rings (SSSR count). The minimum absolute atomic E-state index is 0.0727. The molecule has 5 heteroatoms. The monoisotopic (exact) mass is 328 g/mol. The summed E-state index contributed by atoms with van der Waals surface area (Å²) in [5.41, 5.74) is 2.70. The SMILES string of the molecule is CCCNc1ccc(NC(=O)Cc2ccc(OC)c(OC)c2)cc1. The zero-order valence-corrected chi connectivity index (χ0v) is 14.4. The van der Waals surface area contributed by atoms with Crippen LogP contribution in [0.4, 0.5) is 11.4 Å². The molecule has 128 valence electrons. The fraction of sp³-hybridized carbons (Fsp3) is 0.316. The van der Waals surface area contributed by atoms with Crippen molar-refractivity contribution in [3.05, 3.63) is 48.0 Å². The number of methoxy groups -OCH3 is 2. The van der Waals surface area contributed by atoms with Gasteiger partial charge in [0.05, 0.1) is 20.6 Å². The highest BCUT2D eigenvalue weighted by Gasteiger charge is 2.08. The molecule has 5 nitrogen and oxygen atoms in total. The highest BCUT2D eigenvalue weighted by molar-refractivity contribution is 5.92. The molecule has 0 fully saturated rings. The average molecular weight is 328 g/mol. The molecule has 0 spiro atoms. The van der Waals surface area contributed by atoms with Crippen molar-refractivity contribution in [2.24, 2.45) is 0 Å². The summed E-state index contributed by atoms with van der Waals surface area (Å²) in [4.78, 5) is 12.2. The molecule has 0 aromatic heterocycles. The van der Waals surface area contributed by atoms with Gasteiger partial charge >= 0.3 is 0 Å². The number of carbonyl (C=O) groups is 1. The third kappa shape index (κ3) is 4.91. The molecule has 0 bridgehead atoms. The Morgan fingerprint density at radius 3 is 2.25 bits per heavy atom. The van der Waals surface area contributed by atoms with E-state index in [1.165, 1.54) is 0 Å². The van der Waals surface area contributed by atoms with Crippen LogP contribution in [-0.2, 0) is 11.2 Å². The second-order valence-electron chi connectivity index (χ2n) is 5.42. The van der Waals surface area contributed by atoms with Gasteiger partial charge in [0.25, 0.3) is 0 Å². The molecule has 0 radical (unpaired) electrons. The molecular formula is C19H24N2O3. The summed E-state index contributed by atoms with van der Waals surface area (Å²) in [7, 11) is 3.17. The molecule has 2 N–H and O–H groups in total. The predicted octanol–water partition coefficient (Wildman–Crippen LogP) is 3.71. The van der Waals surface area contributed by atoms with Gasteiger partial charge in [-0.25, -0.2) is 0 Å². The molecule has 24 heavy (non-hydrogen) atoms. The highest BCUT2D eigenvalue weighted by Crippen LogP contribution is 2.27. The molecule has 2 aromatic rings. The zero-order chi connectivity index (χ0) is 17.4. The van der Waals surface area contributed by atoms with Crippen molar-refractivity contribution in [2.75, 3.05) is 31.4 Å². The van der Waals surface area contributed by atoms with E-state index >= 15 is 0 Å². The molecule has 1 amide bonds. The largest absolute Gasteiger partial charge is 0.493 e. The normalized spacial score (nSPS) is 10.1. The van der Waals surface area contributed by atoms with Gasteiger partial charge in [-0.15, -0.1) is 0 Å². The Labute approximate surface area is 143 Å². The molecule has 2 aromatic carbocycles. The van der Waals surface area contributed by atoms with Crippen LogP contribution in [0, 0.1) is 0 Å². The van der Waals surface area contributed by atoms with Crippen LogP contribution in [0.2, 0.25) is 0 Å². The van der Waals surface area contributed by atoms with Crippen LogP contribution < -0.4 is 20.1 Å². The first kappa shape index (κ1) is 17.7. The van der Waals surface area contributed by atoms with E-state index in [-0.39, 0.29) is 12.3 Å². The van der Waals surface area contributed by atoms with Crippen molar-refractivity contribution >= 4 is 17.3 Å². The molecular weight excluding hydrogens is 304 g/mol. The van der Waals surface area contributed by atoms with Crippen molar-refractivity contribution < 1.29 is 14.3 Å². The van der Waals surface area contributed by atoms with E-state index < -0.39 is 0 Å². The van der Waals surface area contributed by atoms with Gasteiger partial charge in [0.2, 0.25) is 5.91 Å². The van der Waals surface area contributed by atoms with Crippen LogP contribution in [0.25, 0.3) is 0 Å². The summed E-state index contributed by atoms with van der Waals surface area (Å²) < 4.78 is 10.5. The van der Waals surface area contributed by atoms with E-state index in [4.69, 9.17) is 9.47 Å². The number of benzene rings is 2. The van der Waals surface area contributed by atoms with E-state index in [1.54, 1.807) is 20.3 Å². The molecule has 0 heterocycles. The topological polar surface area (TPSA) is 59.6 Å². The molecule has 0 atom stereocenters. The first-order valence-corrected chi connectivity index (χ1v) is 8.01. The number of hydrogen-bond donors (Lipinski definition) is 2. The Morgan fingerprint density at radius 1 is 0.958 bits per heavy atom. The molecule has 0 aliphatic rings. The third-order valence-corrected chi connectivity index (χ3v) is 3.56. The van der Waals surface area contributed by atoms with Gasteiger partial charge < -0.3 is 20.1 Å². The van der Waals surface area contributed by atoms with Gasteiger partial charge in [-0.05, 0) is 48.4 Å². The number of nitrogens with one attached hydrogen (secondary N) is 2. The zero-order valence-electron chi connectivity index (χ0n) is 14.4. The Hall–Kier alpha value is -2.69. The summed E-state index contributed by atoms with van der Waals surface area (Å²) in [5.74, 6) is 1.20. The fourth-order valence-electron chi connectivity index (χ4n) is 2.32. The smallest absolute Gasteiger partial charge is 0.228 e. The summed E-state index contributed by atoms with van der Waals surface area (Å²) in [6.45, 7) is 3.06. The number of ether oxygens (including phenoxy) is 2. The average Bonchev–Trinajstić information content (AvgIpc) is 2.61. The first-order valence-electron chi connectivity index (χ1n) is 8.01. The van der Waals surface area contributed by atoms with Crippen molar-refractivity contribution in [3.63, 3.8) is 0 Å². The number of rotatable bonds is 8. The van der Waals surface area contributed by atoms with Crippen molar-refractivity contribution in [1.82, 2.24) is 0 Å². The van der Waals surface area contributed by atoms with Gasteiger partial charge in [-0.1, -0.05) is 13.0 Å². The lowest BCUT2D eigenvalue weighted by molar-refractivity contribution is -0.115. The minimum atomic E-state index is -0.0727. The molecule has 0 saturated carbocycles. The van der Waals surface area contributed by atoms with Crippen molar-refractivity contribution in [1.29, 1.82) is 0 Å². The number of hydrogen-bond acceptors (Lipinski definition) is 4. The Balaban J connectivity index is 1.95. The van der Waals surface area contributed by atoms with E-state index in [2.05, 4.69) is 17.6 Å². The second-order valence-corrected chi connectivity index (χ2v) is 5.42. The summed E-state index contributed by atoms with van der Waals surface area (Å²) in [5, 5.41) is 6.20. The van der Waals surface area contributed by atoms with Crippen LogP contribution in [0.1, 0.15) is 18.9 Å². The van der Waals surface area contributed by atoms with Crippen LogP contribution in [-0.4, -0.2) is 26.7 Å². The van der Waals surface area contributed by atoms with E-state index in [0.717, 1.165) is 29.9 Å². The van der Waals surface area contributed by atoms with E-state index in [1.807, 2.05) is 36.4 Å². The molecule has 0 aliphatic heterocycles. The van der Waals surface area contributed by atoms with Crippen molar-refractivity contribution in [3.8, 4) is 11.5 Å². The van der Waals surface area contributed by atoms with Crippen molar-refractivity contribution in [2.45, 2.75) is 19.8 Å². The number of anilines is 2. The Morgan fingerprint density at radius 2 is 1.62 bits per heavy atom. The maximum Gasteiger partial charge on any atom is 0.228 e. The van der Waals surface area contributed by atoms with Crippen LogP contribution in [0.15, 0.2) is 42.5 Å². The van der Waals surface area contributed by atoms with Crippen LogP contribution in [0.3, 0.4) is 0 Å².